The Kier molecular flexibility index (Phi) is 5.85. The minimum Gasteiger partial charge on any atom is -0.314 e. The van der Waals surface area contributed by atoms with E-state index in [-0.39, 0.29) is 12.5 Å². The average Bonchev–Trinajstić information content (AvgIpc) is 2.79. The van der Waals surface area contributed by atoms with Gasteiger partial charge in [0.2, 0.25) is 15.9 Å². The highest BCUT2D eigenvalue weighted by atomic mass is 32.2. The quantitative estimate of drug-likeness (QED) is 0.633. The van der Waals surface area contributed by atoms with E-state index in [1.165, 1.54) is 4.31 Å². The summed E-state index contributed by atoms with van der Waals surface area (Å²) in [7, 11) is -1.83. The minimum absolute atomic E-state index is 0.00781. The van der Waals surface area contributed by atoms with Crippen molar-refractivity contribution >= 4 is 32.4 Å². The normalized spacial score (nSPS) is 15.9. The van der Waals surface area contributed by atoms with Crippen molar-refractivity contribution in [1.82, 2.24) is 9.21 Å². The van der Waals surface area contributed by atoms with E-state index in [9.17, 15) is 13.2 Å². The lowest BCUT2D eigenvalue weighted by atomic mass is 10.1. The maximum Gasteiger partial charge on any atom is 0.243 e. The fraction of sp³-hybridized carbons (Fsp3) is 0.261. The van der Waals surface area contributed by atoms with Crippen LogP contribution in [0, 0.1) is 0 Å². The Bertz CT molecular complexity index is 1140. The first kappa shape index (κ1) is 20.5. The van der Waals surface area contributed by atoms with Gasteiger partial charge in [-0.3, -0.25) is 9.69 Å². The number of benzene rings is 3. The molecule has 1 saturated heterocycles. The highest BCUT2D eigenvalue weighted by molar-refractivity contribution is 7.89. The van der Waals surface area contributed by atoms with E-state index in [0.717, 1.165) is 16.5 Å². The number of nitrogens with zero attached hydrogens (tertiary/aromatic N) is 3. The summed E-state index contributed by atoms with van der Waals surface area (Å²) in [5.41, 5.74) is 0.847. The fourth-order valence-corrected chi connectivity index (χ4v) is 5.42. The van der Waals surface area contributed by atoms with Crippen LogP contribution in [-0.2, 0) is 14.8 Å². The van der Waals surface area contributed by atoms with Gasteiger partial charge in [-0.2, -0.15) is 4.31 Å². The zero-order valence-corrected chi connectivity index (χ0v) is 17.8. The summed E-state index contributed by atoms with van der Waals surface area (Å²) in [6.45, 7) is 2.06. The first-order chi connectivity index (χ1) is 14.5. The Balaban J connectivity index is 1.42. The Morgan fingerprint density at radius 1 is 0.867 bits per heavy atom. The monoisotopic (exact) mass is 423 g/mol. The Hall–Kier alpha value is -2.74. The summed E-state index contributed by atoms with van der Waals surface area (Å²) in [6, 6.07) is 22.4. The van der Waals surface area contributed by atoms with E-state index >= 15 is 0 Å². The van der Waals surface area contributed by atoms with Crippen LogP contribution < -0.4 is 4.90 Å². The maximum atomic E-state index is 13.3. The average molecular weight is 424 g/mol. The number of carbonyl (C=O) groups excluding carboxylic acids is 1. The summed E-state index contributed by atoms with van der Waals surface area (Å²) in [5, 5.41) is 1.65. The van der Waals surface area contributed by atoms with Gasteiger partial charge in [0.25, 0.3) is 0 Å². The second kappa shape index (κ2) is 8.55. The number of para-hydroxylation sites is 1. The summed E-state index contributed by atoms with van der Waals surface area (Å²) < 4.78 is 28.0. The van der Waals surface area contributed by atoms with Gasteiger partial charge in [-0.05, 0) is 23.6 Å². The lowest BCUT2D eigenvalue weighted by Crippen LogP contribution is -2.51. The molecule has 0 radical (unpaired) electrons. The Labute approximate surface area is 177 Å². The molecule has 0 unspecified atom stereocenters. The molecule has 156 valence electrons. The van der Waals surface area contributed by atoms with E-state index in [1.54, 1.807) is 24.1 Å². The van der Waals surface area contributed by atoms with Gasteiger partial charge in [-0.25, -0.2) is 8.42 Å². The van der Waals surface area contributed by atoms with Gasteiger partial charge in [0.05, 0.1) is 11.4 Å². The fourth-order valence-electron chi connectivity index (χ4n) is 3.78. The molecule has 1 heterocycles. The lowest BCUT2D eigenvalue weighted by molar-refractivity contribution is -0.119. The van der Waals surface area contributed by atoms with Crippen LogP contribution in [0.2, 0.25) is 0 Å². The van der Waals surface area contributed by atoms with Crippen LogP contribution in [0.15, 0.2) is 77.7 Å². The van der Waals surface area contributed by atoms with Crippen molar-refractivity contribution < 1.29 is 13.2 Å². The number of amides is 1. The van der Waals surface area contributed by atoms with Crippen molar-refractivity contribution in [3.05, 3.63) is 72.8 Å². The van der Waals surface area contributed by atoms with Crippen LogP contribution in [0.25, 0.3) is 10.8 Å². The highest BCUT2D eigenvalue weighted by Crippen LogP contribution is 2.26. The molecule has 3 aromatic rings. The molecule has 0 bridgehead atoms. The number of hydrogen-bond donors (Lipinski definition) is 0. The van der Waals surface area contributed by atoms with E-state index in [4.69, 9.17) is 0 Å². The van der Waals surface area contributed by atoms with E-state index in [0.29, 0.717) is 31.1 Å². The second-order valence-corrected chi connectivity index (χ2v) is 9.35. The number of sulfonamides is 1. The summed E-state index contributed by atoms with van der Waals surface area (Å²) in [6.07, 6.45) is 0. The molecule has 1 fully saturated rings. The molecule has 0 atom stereocenters. The number of carbonyl (C=O) groups is 1. The van der Waals surface area contributed by atoms with Gasteiger partial charge in [-0.15, -0.1) is 0 Å². The summed E-state index contributed by atoms with van der Waals surface area (Å²) in [5.74, 6) is -0.00781. The molecule has 0 aromatic heterocycles. The van der Waals surface area contributed by atoms with Crippen LogP contribution in [0.4, 0.5) is 5.69 Å². The van der Waals surface area contributed by atoms with E-state index in [1.807, 2.05) is 65.6 Å². The van der Waals surface area contributed by atoms with Gasteiger partial charge in [0, 0.05) is 44.3 Å². The number of hydrogen-bond acceptors (Lipinski definition) is 4. The van der Waals surface area contributed by atoms with Crippen molar-refractivity contribution in [2.24, 2.45) is 0 Å². The van der Waals surface area contributed by atoms with Crippen LogP contribution in [0.1, 0.15) is 0 Å². The third-order valence-corrected chi connectivity index (χ3v) is 7.53. The Morgan fingerprint density at radius 2 is 1.50 bits per heavy atom. The first-order valence-corrected chi connectivity index (χ1v) is 11.4. The van der Waals surface area contributed by atoms with Crippen molar-refractivity contribution in [3.63, 3.8) is 0 Å². The third kappa shape index (κ3) is 4.09. The molecule has 1 aliphatic rings. The molecular weight excluding hydrogens is 398 g/mol. The van der Waals surface area contributed by atoms with Crippen LogP contribution in [-0.4, -0.2) is 63.3 Å². The van der Waals surface area contributed by atoms with Gasteiger partial charge >= 0.3 is 0 Å². The molecule has 1 aliphatic heterocycles. The number of likely N-dealkylation sites (N-methyl/N-ethyl adjacent to an activating group) is 1. The number of piperazine rings is 1. The number of rotatable bonds is 5. The predicted octanol–water partition coefficient (Wildman–Crippen LogP) is 2.81. The molecule has 6 nitrogen and oxygen atoms in total. The zero-order valence-electron chi connectivity index (χ0n) is 16.9. The van der Waals surface area contributed by atoms with Gasteiger partial charge in [0.1, 0.15) is 0 Å². The predicted molar refractivity (Wildman–Crippen MR) is 119 cm³/mol. The molecule has 30 heavy (non-hydrogen) atoms. The topological polar surface area (TPSA) is 60.9 Å². The summed E-state index contributed by atoms with van der Waals surface area (Å²) >= 11 is 0. The molecule has 3 aromatic carbocycles. The molecule has 7 heteroatoms. The zero-order chi connectivity index (χ0) is 21.1. The smallest absolute Gasteiger partial charge is 0.243 e. The van der Waals surface area contributed by atoms with Crippen molar-refractivity contribution in [1.29, 1.82) is 0 Å². The van der Waals surface area contributed by atoms with Crippen molar-refractivity contribution in [2.75, 3.05) is 44.7 Å². The van der Waals surface area contributed by atoms with Crippen LogP contribution in [0.3, 0.4) is 0 Å². The Morgan fingerprint density at radius 3 is 2.23 bits per heavy atom. The molecule has 0 saturated carbocycles. The first-order valence-electron chi connectivity index (χ1n) is 9.99. The molecule has 4 rings (SSSR count). The molecular formula is C23H25N3O3S. The standard InChI is InChI=1S/C23H25N3O3S/c1-24(20-10-3-2-4-11-20)23(27)18-25-14-16-26(17-15-25)30(28,29)22-13-7-9-19-8-5-6-12-21(19)22/h2-13H,14-18H2,1H3. The number of anilines is 1. The van der Waals surface area contributed by atoms with Crippen LogP contribution in [0.5, 0.6) is 0 Å². The van der Waals surface area contributed by atoms with E-state index in [2.05, 4.69) is 0 Å². The van der Waals surface area contributed by atoms with Crippen molar-refractivity contribution in [2.45, 2.75) is 4.90 Å². The van der Waals surface area contributed by atoms with Gasteiger partial charge in [-0.1, -0.05) is 54.6 Å². The van der Waals surface area contributed by atoms with E-state index < -0.39 is 10.0 Å². The molecule has 0 aliphatic carbocycles. The highest BCUT2D eigenvalue weighted by Gasteiger charge is 2.30. The van der Waals surface area contributed by atoms with Gasteiger partial charge in [0.15, 0.2) is 0 Å². The number of fused-ring (bicyclic) bond motifs is 1. The third-order valence-electron chi connectivity index (χ3n) is 5.58. The second-order valence-electron chi connectivity index (χ2n) is 7.45. The lowest BCUT2D eigenvalue weighted by Gasteiger charge is -2.34. The van der Waals surface area contributed by atoms with Gasteiger partial charge < -0.3 is 4.90 Å². The molecule has 0 spiro atoms. The maximum absolute atomic E-state index is 13.3. The minimum atomic E-state index is -3.59. The van der Waals surface area contributed by atoms with Crippen molar-refractivity contribution in [3.8, 4) is 0 Å². The largest absolute Gasteiger partial charge is 0.314 e. The van der Waals surface area contributed by atoms with Crippen LogP contribution >= 0.6 is 0 Å². The SMILES string of the molecule is CN(C(=O)CN1CCN(S(=O)(=O)c2cccc3ccccc23)CC1)c1ccccc1. The molecule has 0 N–H and O–H groups in total. The summed E-state index contributed by atoms with van der Waals surface area (Å²) in [4.78, 5) is 16.6. The molecule has 1 amide bonds.